The van der Waals surface area contributed by atoms with Crippen LogP contribution >= 0.6 is 0 Å². The average molecular weight is 440 g/mol. The lowest BCUT2D eigenvalue weighted by Gasteiger charge is -2.42. The molecule has 3 N–H and O–H groups in total. The standard InChI is InChI=1S/C18H24N4O7S/c23-17(24)16-14-3-1-11(22(14)18(25)26)10-21(16)30(27,28)13-2-4-15(20-9-13)29-12-5-7-19-8-6-12/h2,4,9,11-12,14,16,19H,1,3,5-8,10H2,(H,23,24)(H,25,26)/t11-,14+,16+/m1/s1. The van der Waals surface area contributed by atoms with Crippen LogP contribution in [0.3, 0.4) is 0 Å². The molecule has 11 nitrogen and oxygen atoms in total. The molecule has 3 atom stereocenters. The Labute approximate surface area is 173 Å². The Morgan fingerprint density at radius 1 is 1.13 bits per heavy atom. The first-order valence-corrected chi connectivity index (χ1v) is 11.3. The Morgan fingerprint density at radius 3 is 2.47 bits per heavy atom. The molecule has 1 aromatic rings. The predicted molar refractivity (Wildman–Crippen MR) is 103 cm³/mol. The number of pyridine rings is 1. The molecule has 0 spiro atoms. The van der Waals surface area contributed by atoms with Crippen molar-refractivity contribution in [1.82, 2.24) is 19.5 Å². The second-order valence-electron chi connectivity index (χ2n) is 7.75. The molecule has 12 heteroatoms. The van der Waals surface area contributed by atoms with Gasteiger partial charge in [-0.2, -0.15) is 4.31 Å². The summed E-state index contributed by atoms with van der Waals surface area (Å²) in [6.45, 7) is 1.49. The molecule has 1 aromatic heterocycles. The molecule has 4 heterocycles. The largest absolute Gasteiger partial charge is 0.480 e. The molecule has 3 aliphatic heterocycles. The summed E-state index contributed by atoms with van der Waals surface area (Å²) in [6, 6.07) is -0.136. The Kier molecular flexibility index (Phi) is 5.55. The zero-order valence-corrected chi connectivity index (χ0v) is 17.0. The molecule has 3 aliphatic rings. The second kappa shape index (κ2) is 8.00. The number of piperazine rings is 1. The number of aromatic nitrogens is 1. The number of nitrogens with zero attached hydrogens (tertiary/aromatic N) is 3. The summed E-state index contributed by atoms with van der Waals surface area (Å²) in [7, 11) is -4.18. The monoisotopic (exact) mass is 440 g/mol. The minimum atomic E-state index is -4.18. The van der Waals surface area contributed by atoms with E-state index in [9.17, 15) is 28.2 Å². The summed E-state index contributed by atoms with van der Waals surface area (Å²) in [6.07, 6.45) is 2.34. The van der Waals surface area contributed by atoms with Crippen molar-refractivity contribution in [1.29, 1.82) is 0 Å². The van der Waals surface area contributed by atoms with Crippen molar-refractivity contribution in [3.05, 3.63) is 18.3 Å². The summed E-state index contributed by atoms with van der Waals surface area (Å²) < 4.78 is 33.1. The van der Waals surface area contributed by atoms with Crippen molar-refractivity contribution < 1.29 is 33.0 Å². The van der Waals surface area contributed by atoms with Gasteiger partial charge in [0, 0.05) is 18.7 Å². The normalized spacial score (nSPS) is 27.7. The van der Waals surface area contributed by atoms with Gasteiger partial charge in [0.15, 0.2) is 0 Å². The number of nitrogens with one attached hydrogen (secondary N) is 1. The maximum absolute atomic E-state index is 13.2. The van der Waals surface area contributed by atoms with E-state index in [1.165, 1.54) is 12.1 Å². The van der Waals surface area contributed by atoms with Crippen LogP contribution in [0.5, 0.6) is 5.88 Å². The Morgan fingerprint density at radius 2 is 1.87 bits per heavy atom. The van der Waals surface area contributed by atoms with Crippen LogP contribution in [-0.2, 0) is 14.8 Å². The van der Waals surface area contributed by atoms with Gasteiger partial charge in [-0.25, -0.2) is 18.2 Å². The topological polar surface area (TPSA) is 149 Å². The number of carboxylic acid groups (broad SMARTS) is 2. The van der Waals surface area contributed by atoms with E-state index in [1.54, 1.807) is 0 Å². The zero-order chi connectivity index (χ0) is 21.5. The third kappa shape index (κ3) is 3.70. The van der Waals surface area contributed by atoms with Crippen molar-refractivity contribution in [2.45, 2.75) is 54.8 Å². The van der Waals surface area contributed by atoms with E-state index >= 15 is 0 Å². The number of carbonyl (C=O) groups is 2. The SMILES string of the molecule is O=C(O)[C@@H]1[C@@H]2CC[C@H](CN1S(=O)(=O)c1ccc(OC3CCNCC3)nc1)N2C(=O)O. The molecule has 30 heavy (non-hydrogen) atoms. The van der Waals surface area contributed by atoms with E-state index in [1.807, 2.05) is 0 Å². The number of rotatable bonds is 5. The molecule has 0 saturated carbocycles. The van der Waals surface area contributed by atoms with E-state index in [-0.39, 0.29) is 17.5 Å². The molecule has 3 saturated heterocycles. The maximum atomic E-state index is 13.2. The van der Waals surface area contributed by atoms with Crippen molar-refractivity contribution in [3.63, 3.8) is 0 Å². The summed E-state index contributed by atoms with van der Waals surface area (Å²) in [5.74, 6) is -1.06. The highest BCUT2D eigenvalue weighted by molar-refractivity contribution is 7.89. The minimum absolute atomic E-state index is 0.0114. The van der Waals surface area contributed by atoms with Gasteiger partial charge in [-0.05, 0) is 44.8 Å². The van der Waals surface area contributed by atoms with Gasteiger partial charge in [0.1, 0.15) is 17.0 Å². The van der Waals surface area contributed by atoms with E-state index in [0.717, 1.165) is 41.3 Å². The molecule has 0 aliphatic carbocycles. The number of hydrogen-bond acceptors (Lipinski definition) is 7. The summed E-state index contributed by atoms with van der Waals surface area (Å²) >= 11 is 0. The van der Waals surface area contributed by atoms with E-state index in [2.05, 4.69) is 10.3 Å². The molecule has 4 rings (SSSR count). The van der Waals surface area contributed by atoms with Gasteiger partial charge in [0.25, 0.3) is 0 Å². The molecule has 0 unspecified atom stereocenters. The second-order valence-corrected chi connectivity index (χ2v) is 9.64. The molecule has 0 aromatic carbocycles. The van der Waals surface area contributed by atoms with Crippen LogP contribution in [0.1, 0.15) is 25.7 Å². The van der Waals surface area contributed by atoms with Crippen molar-refractivity contribution in [2.24, 2.45) is 0 Å². The van der Waals surface area contributed by atoms with Crippen molar-refractivity contribution >= 4 is 22.1 Å². The lowest BCUT2D eigenvalue weighted by Crippen LogP contribution is -2.64. The summed E-state index contributed by atoms with van der Waals surface area (Å²) in [5.41, 5.74) is 0. The fourth-order valence-electron chi connectivity index (χ4n) is 4.56. The number of ether oxygens (including phenoxy) is 1. The molecule has 3 fully saturated rings. The first-order chi connectivity index (χ1) is 14.3. The average Bonchev–Trinajstić information content (AvgIpc) is 3.02. The first kappa shape index (κ1) is 20.8. The minimum Gasteiger partial charge on any atom is -0.480 e. The highest BCUT2D eigenvalue weighted by atomic mass is 32.2. The third-order valence-electron chi connectivity index (χ3n) is 5.98. The Balaban J connectivity index is 1.56. The van der Waals surface area contributed by atoms with E-state index in [0.29, 0.717) is 18.7 Å². The van der Waals surface area contributed by atoms with Crippen molar-refractivity contribution in [2.75, 3.05) is 19.6 Å². The smallest absolute Gasteiger partial charge is 0.407 e. The van der Waals surface area contributed by atoms with Crippen LogP contribution in [0, 0.1) is 0 Å². The van der Waals surface area contributed by atoms with Gasteiger partial charge in [0.2, 0.25) is 15.9 Å². The fourth-order valence-corrected chi connectivity index (χ4v) is 6.15. The number of hydrogen-bond donors (Lipinski definition) is 3. The number of piperidine rings is 1. The number of aliphatic carboxylic acids is 1. The number of amides is 1. The maximum Gasteiger partial charge on any atom is 0.407 e. The van der Waals surface area contributed by atoms with Gasteiger partial charge in [-0.3, -0.25) is 9.69 Å². The van der Waals surface area contributed by atoms with E-state index < -0.39 is 40.2 Å². The Hall–Kier alpha value is -2.44. The molecule has 0 radical (unpaired) electrons. The lowest BCUT2D eigenvalue weighted by atomic mass is 10.1. The fraction of sp³-hybridized carbons (Fsp3) is 0.611. The molecule has 1 amide bonds. The van der Waals surface area contributed by atoms with Crippen LogP contribution in [0.2, 0.25) is 0 Å². The predicted octanol–water partition coefficient (Wildman–Crippen LogP) is 0.181. The third-order valence-corrected chi connectivity index (χ3v) is 7.81. The van der Waals surface area contributed by atoms with Crippen LogP contribution in [0.15, 0.2) is 23.2 Å². The first-order valence-electron chi connectivity index (χ1n) is 9.88. The van der Waals surface area contributed by atoms with E-state index in [4.69, 9.17) is 4.74 Å². The van der Waals surface area contributed by atoms with Crippen LogP contribution in [-0.4, -0.2) is 88.7 Å². The molecule has 2 bridgehead atoms. The van der Waals surface area contributed by atoms with Gasteiger partial charge in [0.05, 0.1) is 12.2 Å². The lowest BCUT2D eigenvalue weighted by molar-refractivity contribution is -0.144. The number of sulfonamides is 1. The highest BCUT2D eigenvalue weighted by Gasteiger charge is 2.55. The summed E-state index contributed by atoms with van der Waals surface area (Å²) in [5, 5.41) is 22.4. The molecular formula is C18H24N4O7S. The van der Waals surface area contributed by atoms with Gasteiger partial charge in [-0.15, -0.1) is 0 Å². The molecule has 164 valence electrons. The van der Waals surface area contributed by atoms with Crippen LogP contribution < -0.4 is 10.1 Å². The quantitative estimate of drug-likeness (QED) is 0.583. The van der Waals surface area contributed by atoms with Crippen LogP contribution in [0.25, 0.3) is 0 Å². The zero-order valence-electron chi connectivity index (χ0n) is 16.2. The van der Waals surface area contributed by atoms with Gasteiger partial charge in [-0.1, -0.05) is 0 Å². The van der Waals surface area contributed by atoms with Gasteiger partial charge < -0.3 is 20.3 Å². The number of carboxylic acids is 1. The Bertz CT molecular complexity index is 917. The summed E-state index contributed by atoms with van der Waals surface area (Å²) in [4.78, 5) is 28.5. The molecular weight excluding hydrogens is 416 g/mol. The van der Waals surface area contributed by atoms with Crippen molar-refractivity contribution in [3.8, 4) is 5.88 Å². The van der Waals surface area contributed by atoms with Crippen LogP contribution in [0.4, 0.5) is 4.79 Å². The van der Waals surface area contributed by atoms with Gasteiger partial charge >= 0.3 is 12.1 Å². The number of fused-ring (bicyclic) bond motifs is 2. The highest BCUT2D eigenvalue weighted by Crippen LogP contribution is 2.37.